The molecule has 0 aromatic heterocycles. The van der Waals surface area contributed by atoms with E-state index in [1.807, 2.05) is 23.9 Å². The number of rotatable bonds is 3. The smallest absolute Gasteiger partial charge is 0.123 e. The lowest BCUT2D eigenvalue weighted by Crippen LogP contribution is -2.53. The van der Waals surface area contributed by atoms with Gasteiger partial charge in [-0.15, -0.1) is 0 Å². The Balaban J connectivity index is 2.23. The predicted molar refractivity (Wildman–Crippen MR) is 73.1 cm³/mol. The zero-order chi connectivity index (χ0) is 12.5. The van der Waals surface area contributed by atoms with Crippen LogP contribution in [0.4, 0.5) is 10.1 Å². The van der Waals surface area contributed by atoms with Gasteiger partial charge in [0.15, 0.2) is 0 Å². The summed E-state index contributed by atoms with van der Waals surface area (Å²) in [7, 11) is 2.05. The van der Waals surface area contributed by atoms with Crippen LogP contribution in [-0.4, -0.2) is 30.1 Å². The molecular weight excluding hydrogens is 235 g/mol. The molecule has 1 fully saturated rings. The van der Waals surface area contributed by atoms with Crippen LogP contribution in [0.3, 0.4) is 0 Å². The maximum atomic E-state index is 12.9. The maximum absolute atomic E-state index is 12.9. The number of nitrogens with zero attached hydrogens (tertiary/aromatic N) is 1. The van der Waals surface area contributed by atoms with Gasteiger partial charge < -0.3 is 10.6 Å². The summed E-state index contributed by atoms with van der Waals surface area (Å²) in [5.74, 6) is 0.844. The van der Waals surface area contributed by atoms with E-state index in [4.69, 9.17) is 5.73 Å². The van der Waals surface area contributed by atoms with E-state index in [0.717, 1.165) is 17.9 Å². The molecule has 0 bridgehead atoms. The van der Waals surface area contributed by atoms with Crippen LogP contribution < -0.4 is 10.6 Å². The number of halogens is 1. The minimum absolute atomic E-state index is 0.0158. The fourth-order valence-corrected chi connectivity index (χ4v) is 3.85. The summed E-state index contributed by atoms with van der Waals surface area (Å²) in [5, 5.41) is 0.640. The molecular formula is C13H19FN2S. The number of likely N-dealkylation sites (N-methyl/N-ethyl adjacent to an activating group) is 1. The first-order valence-electron chi connectivity index (χ1n) is 5.88. The molecule has 0 spiro atoms. The van der Waals surface area contributed by atoms with Gasteiger partial charge in [0, 0.05) is 30.3 Å². The summed E-state index contributed by atoms with van der Waals surface area (Å²) in [6.45, 7) is 2.87. The van der Waals surface area contributed by atoms with Crippen molar-refractivity contribution >= 4 is 17.4 Å². The highest BCUT2D eigenvalue weighted by molar-refractivity contribution is 8.00. The third-order valence-electron chi connectivity index (χ3n) is 3.61. The molecule has 0 aliphatic carbocycles. The molecule has 94 valence electrons. The van der Waals surface area contributed by atoms with Crippen LogP contribution >= 0.6 is 11.8 Å². The zero-order valence-electron chi connectivity index (χ0n) is 10.3. The molecule has 1 aliphatic rings. The highest BCUT2D eigenvalue weighted by atomic mass is 32.2. The Morgan fingerprint density at radius 1 is 1.47 bits per heavy atom. The van der Waals surface area contributed by atoms with Crippen LogP contribution in [0.15, 0.2) is 24.3 Å². The quantitative estimate of drug-likeness (QED) is 0.898. The summed E-state index contributed by atoms with van der Waals surface area (Å²) in [6, 6.07) is 6.64. The predicted octanol–water partition coefficient (Wildman–Crippen LogP) is 2.48. The largest absolute Gasteiger partial charge is 0.367 e. The molecule has 2 N–H and O–H groups in total. The second-order valence-corrected chi connectivity index (χ2v) is 6.22. The van der Waals surface area contributed by atoms with Crippen LogP contribution in [0.5, 0.6) is 0 Å². The van der Waals surface area contributed by atoms with Crippen LogP contribution in [-0.2, 0) is 0 Å². The Hall–Kier alpha value is -0.740. The highest BCUT2D eigenvalue weighted by Gasteiger charge is 2.40. The van der Waals surface area contributed by atoms with Gasteiger partial charge in [0.05, 0.1) is 5.54 Å². The summed E-state index contributed by atoms with van der Waals surface area (Å²) in [5.41, 5.74) is 7.02. The van der Waals surface area contributed by atoms with Crippen LogP contribution in [0.2, 0.25) is 0 Å². The topological polar surface area (TPSA) is 29.3 Å². The lowest BCUT2D eigenvalue weighted by atomic mass is 9.94. The first-order chi connectivity index (χ1) is 8.07. The SMILES string of the molecule is CC1CC(CN)(N(C)c2ccc(F)cc2)CS1. The second-order valence-electron chi connectivity index (χ2n) is 4.79. The Morgan fingerprint density at radius 2 is 2.12 bits per heavy atom. The Bertz CT molecular complexity index is 382. The molecule has 1 aliphatic heterocycles. The van der Waals surface area contributed by atoms with E-state index in [1.165, 1.54) is 12.1 Å². The summed E-state index contributed by atoms with van der Waals surface area (Å²) < 4.78 is 12.9. The number of nitrogens with two attached hydrogens (primary N) is 1. The minimum atomic E-state index is -0.196. The molecule has 17 heavy (non-hydrogen) atoms. The number of thioether (sulfide) groups is 1. The number of anilines is 1. The van der Waals surface area contributed by atoms with E-state index in [-0.39, 0.29) is 11.4 Å². The fourth-order valence-electron chi connectivity index (χ4n) is 2.40. The van der Waals surface area contributed by atoms with E-state index < -0.39 is 0 Å². The molecule has 1 heterocycles. The fraction of sp³-hybridized carbons (Fsp3) is 0.538. The van der Waals surface area contributed by atoms with Crippen molar-refractivity contribution < 1.29 is 4.39 Å². The molecule has 2 atom stereocenters. The second kappa shape index (κ2) is 4.86. The van der Waals surface area contributed by atoms with E-state index in [9.17, 15) is 4.39 Å². The minimum Gasteiger partial charge on any atom is -0.367 e. The molecule has 0 saturated carbocycles. The van der Waals surface area contributed by atoms with E-state index in [1.54, 1.807) is 0 Å². The van der Waals surface area contributed by atoms with Crippen molar-refractivity contribution in [2.24, 2.45) is 5.73 Å². The highest BCUT2D eigenvalue weighted by Crippen LogP contribution is 2.39. The molecule has 1 aromatic rings. The molecule has 0 amide bonds. The normalized spacial score (nSPS) is 28.4. The number of benzene rings is 1. The van der Waals surface area contributed by atoms with Crippen molar-refractivity contribution in [3.8, 4) is 0 Å². The molecule has 0 radical (unpaired) electrons. The first kappa shape index (κ1) is 12.7. The molecule has 2 unspecified atom stereocenters. The van der Waals surface area contributed by atoms with Gasteiger partial charge >= 0.3 is 0 Å². The Kier molecular flexibility index (Phi) is 3.64. The van der Waals surface area contributed by atoms with Crippen molar-refractivity contribution in [2.45, 2.75) is 24.1 Å². The van der Waals surface area contributed by atoms with E-state index in [0.29, 0.717) is 11.8 Å². The van der Waals surface area contributed by atoms with Gasteiger partial charge in [-0.05, 0) is 30.7 Å². The van der Waals surface area contributed by atoms with Crippen LogP contribution in [0, 0.1) is 5.82 Å². The Labute approximate surface area is 106 Å². The third-order valence-corrected chi connectivity index (χ3v) is 5.05. The standard InChI is InChI=1S/C13H19FN2S/c1-10-7-13(8-15,9-17-10)16(2)12-5-3-11(14)4-6-12/h3-6,10H,7-9,15H2,1-2H3. The van der Waals surface area contributed by atoms with Gasteiger partial charge in [0.25, 0.3) is 0 Å². The molecule has 1 saturated heterocycles. The summed E-state index contributed by atoms with van der Waals surface area (Å²) in [4.78, 5) is 2.21. The lowest BCUT2D eigenvalue weighted by molar-refractivity contribution is 0.446. The van der Waals surface area contributed by atoms with Gasteiger partial charge in [-0.1, -0.05) is 6.92 Å². The average Bonchev–Trinajstić information content (AvgIpc) is 2.72. The summed E-state index contributed by atoms with van der Waals surface area (Å²) >= 11 is 1.96. The first-order valence-corrected chi connectivity index (χ1v) is 6.93. The van der Waals surface area contributed by atoms with Crippen molar-refractivity contribution in [3.63, 3.8) is 0 Å². The molecule has 4 heteroatoms. The Morgan fingerprint density at radius 3 is 2.59 bits per heavy atom. The van der Waals surface area contributed by atoms with Gasteiger partial charge in [0.1, 0.15) is 5.82 Å². The maximum Gasteiger partial charge on any atom is 0.123 e. The van der Waals surface area contributed by atoms with Gasteiger partial charge in [-0.25, -0.2) is 4.39 Å². The number of hydrogen-bond acceptors (Lipinski definition) is 3. The van der Waals surface area contributed by atoms with Gasteiger partial charge in [-0.2, -0.15) is 11.8 Å². The van der Waals surface area contributed by atoms with E-state index >= 15 is 0 Å². The molecule has 2 rings (SSSR count). The number of hydrogen-bond donors (Lipinski definition) is 1. The van der Waals surface area contributed by atoms with E-state index in [2.05, 4.69) is 18.9 Å². The van der Waals surface area contributed by atoms with Crippen molar-refractivity contribution in [1.82, 2.24) is 0 Å². The molecule has 2 nitrogen and oxygen atoms in total. The monoisotopic (exact) mass is 254 g/mol. The average molecular weight is 254 g/mol. The molecule has 1 aromatic carbocycles. The summed E-state index contributed by atoms with van der Waals surface area (Å²) in [6.07, 6.45) is 1.09. The van der Waals surface area contributed by atoms with Crippen molar-refractivity contribution in [3.05, 3.63) is 30.1 Å². The van der Waals surface area contributed by atoms with Crippen LogP contribution in [0.25, 0.3) is 0 Å². The lowest BCUT2D eigenvalue weighted by Gasteiger charge is -2.39. The van der Waals surface area contributed by atoms with Crippen molar-refractivity contribution in [2.75, 3.05) is 24.2 Å². The van der Waals surface area contributed by atoms with Crippen molar-refractivity contribution in [1.29, 1.82) is 0 Å². The van der Waals surface area contributed by atoms with Gasteiger partial charge in [0.2, 0.25) is 0 Å². The van der Waals surface area contributed by atoms with Crippen LogP contribution in [0.1, 0.15) is 13.3 Å². The van der Waals surface area contributed by atoms with Gasteiger partial charge in [-0.3, -0.25) is 0 Å². The third kappa shape index (κ3) is 2.43. The zero-order valence-corrected chi connectivity index (χ0v) is 11.1.